The molecule has 3 aliphatic heterocycles. The predicted molar refractivity (Wildman–Crippen MR) is 124 cm³/mol. The van der Waals surface area contributed by atoms with Crippen molar-refractivity contribution in [3.63, 3.8) is 0 Å². The lowest BCUT2D eigenvalue weighted by molar-refractivity contribution is -0.984. The third-order valence-electron chi connectivity index (χ3n) is 7.68. The first-order valence-corrected chi connectivity index (χ1v) is 11.3. The van der Waals surface area contributed by atoms with Crippen molar-refractivity contribution in [2.24, 2.45) is 11.8 Å². The molecule has 160 valence electrons. The molecule has 2 aromatic carbocycles. The number of aliphatic hydroxyl groups excluding tert-OH is 1. The summed E-state index contributed by atoms with van der Waals surface area (Å²) in [6, 6.07) is 18.8. The fourth-order valence-corrected chi connectivity index (χ4v) is 6.07. The summed E-state index contributed by atoms with van der Waals surface area (Å²) in [6.45, 7) is 7.25. The number of ether oxygens (including phenoxy) is 1. The van der Waals surface area contributed by atoms with E-state index < -0.39 is 6.10 Å². The summed E-state index contributed by atoms with van der Waals surface area (Å²) >= 11 is 0. The minimum absolute atomic E-state index is 0.159. The zero-order valence-electron chi connectivity index (χ0n) is 18.2. The average Bonchev–Trinajstić information content (AvgIpc) is 2.83. The van der Waals surface area contributed by atoms with Crippen LogP contribution in [-0.2, 0) is 6.54 Å². The van der Waals surface area contributed by atoms with Crippen LogP contribution in [0.4, 0.5) is 0 Å². The number of aliphatic hydroxyl groups is 1. The van der Waals surface area contributed by atoms with Crippen LogP contribution in [0.3, 0.4) is 0 Å². The Morgan fingerprint density at radius 3 is 2.84 bits per heavy atom. The molecule has 1 N–H and O–H groups in total. The Bertz CT molecular complexity index is 1080. The van der Waals surface area contributed by atoms with Crippen molar-refractivity contribution in [3.05, 3.63) is 84.6 Å². The van der Waals surface area contributed by atoms with E-state index in [1.54, 1.807) is 7.11 Å². The molecule has 3 fully saturated rings. The molecule has 6 rings (SSSR count). The molecule has 0 saturated carbocycles. The lowest BCUT2D eigenvalue weighted by atomic mass is 9.71. The van der Waals surface area contributed by atoms with Crippen LogP contribution in [0.2, 0.25) is 0 Å². The Morgan fingerprint density at radius 2 is 2.06 bits per heavy atom. The molecule has 0 spiro atoms. The molecule has 1 aromatic heterocycles. The third-order valence-corrected chi connectivity index (χ3v) is 7.68. The molecule has 3 aromatic rings. The number of rotatable bonds is 6. The topological polar surface area (TPSA) is 42.4 Å². The van der Waals surface area contributed by atoms with Crippen LogP contribution < -0.4 is 4.74 Å². The van der Waals surface area contributed by atoms with E-state index in [9.17, 15) is 5.11 Å². The van der Waals surface area contributed by atoms with Gasteiger partial charge in [0.1, 0.15) is 24.4 Å². The molecule has 4 heteroatoms. The summed E-state index contributed by atoms with van der Waals surface area (Å²) in [5.74, 6) is 1.92. The van der Waals surface area contributed by atoms with Gasteiger partial charge in [0.25, 0.3) is 0 Å². The Kier molecular flexibility index (Phi) is 5.28. The van der Waals surface area contributed by atoms with Crippen LogP contribution in [-0.4, -0.2) is 40.8 Å². The fourth-order valence-electron chi connectivity index (χ4n) is 6.07. The van der Waals surface area contributed by atoms with Gasteiger partial charge in [0.2, 0.25) is 0 Å². The van der Waals surface area contributed by atoms with Gasteiger partial charge < -0.3 is 14.3 Å². The third kappa shape index (κ3) is 3.54. The van der Waals surface area contributed by atoms with E-state index in [0.29, 0.717) is 11.8 Å². The van der Waals surface area contributed by atoms with Gasteiger partial charge in [-0.2, -0.15) is 0 Å². The van der Waals surface area contributed by atoms with Crippen molar-refractivity contribution >= 4 is 10.9 Å². The van der Waals surface area contributed by atoms with Gasteiger partial charge in [-0.25, -0.2) is 0 Å². The van der Waals surface area contributed by atoms with Crippen LogP contribution in [0.1, 0.15) is 30.1 Å². The summed E-state index contributed by atoms with van der Waals surface area (Å²) in [5, 5.41) is 12.8. The summed E-state index contributed by atoms with van der Waals surface area (Å²) in [6.07, 6.45) is 5.65. The van der Waals surface area contributed by atoms with Gasteiger partial charge >= 0.3 is 0 Å². The lowest BCUT2D eigenvalue weighted by Crippen LogP contribution is -2.67. The van der Waals surface area contributed by atoms with Gasteiger partial charge in [-0.1, -0.05) is 36.4 Å². The van der Waals surface area contributed by atoms with E-state index in [2.05, 4.69) is 48.0 Å². The minimum atomic E-state index is -0.546. The van der Waals surface area contributed by atoms with Crippen molar-refractivity contribution in [2.45, 2.75) is 31.5 Å². The number of piperidine rings is 3. The highest BCUT2D eigenvalue weighted by Crippen LogP contribution is 2.48. The van der Waals surface area contributed by atoms with Crippen LogP contribution in [0, 0.1) is 11.8 Å². The molecular formula is C27H31N2O2+. The zero-order chi connectivity index (χ0) is 21.4. The monoisotopic (exact) mass is 415 g/mol. The maximum Gasteiger partial charge on any atom is 0.131 e. The molecule has 31 heavy (non-hydrogen) atoms. The number of nitrogens with zero attached hydrogens (tertiary/aromatic N) is 2. The second-order valence-electron chi connectivity index (χ2n) is 9.25. The van der Waals surface area contributed by atoms with Crippen LogP contribution in [0.25, 0.3) is 10.9 Å². The second-order valence-corrected chi connectivity index (χ2v) is 9.25. The van der Waals surface area contributed by atoms with E-state index in [1.807, 2.05) is 30.5 Å². The number of aromatic nitrogens is 1. The first-order valence-electron chi connectivity index (χ1n) is 11.3. The number of benzene rings is 2. The molecule has 0 amide bonds. The lowest BCUT2D eigenvalue weighted by Gasteiger charge is -2.58. The molecule has 0 radical (unpaired) electrons. The van der Waals surface area contributed by atoms with Gasteiger partial charge in [0, 0.05) is 35.9 Å². The standard InChI is InChI=1S/C27H31N2O2/c1-3-20-18-29(17-19-7-5-4-6-8-19)14-12-21(20)15-26(29)27(30)23-11-13-28-25-10-9-22(31-2)16-24(23)25/h3-11,13,16,20-21,26-27,30H,1,12,14-15,17-18H2,2H3/q+1/t20-,21+,26-,27+,29+/m0/s1. The molecule has 4 heterocycles. The van der Waals surface area contributed by atoms with Crippen molar-refractivity contribution in [1.82, 2.24) is 4.98 Å². The summed E-state index contributed by atoms with van der Waals surface area (Å²) < 4.78 is 6.38. The van der Waals surface area contributed by atoms with Crippen molar-refractivity contribution in [2.75, 3.05) is 20.2 Å². The number of hydrogen-bond donors (Lipinski definition) is 1. The molecular weight excluding hydrogens is 384 g/mol. The van der Waals surface area contributed by atoms with Crippen molar-refractivity contribution < 1.29 is 14.3 Å². The average molecular weight is 416 g/mol. The van der Waals surface area contributed by atoms with Crippen LogP contribution in [0.5, 0.6) is 5.75 Å². The van der Waals surface area contributed by atoms with E-state index >= 15 is 0 Å². The molecule has 3 saturated heterocycles. The maximum absolute atomic E-state index is 11.8. The molecule has 5 atom stereocenters. The van der Waals surface area contributed by atoms with E-state index in [1.165, 1.54) is 12.0 Å². The van der Waals surface area contributed by atoms with Gasteiger partial charge in [-0.05, 0) is 35.7 Å². The first kappa shape index (κ1) is 20.2. The summed E-state index contributed by atoms with van der Waals surface area (Å²) in [5.41, 5.74) is 3.19. The van der Waals surface area contributed by atoms with Crippen molar-refractivity contribution in [3.8, 4) is 5.75 Å². The number of quaternary nitrogens is 1. The zero-order valence-corrected chi connectivity index (χ0v) is 18.2. The Balaban J connectivity index is 1.56. The van der Waals surface area contributed by atoms with E-state index in [0.717, 1.165) is 52.8 Å². The van der Waals surface area contributed by atoms with E-state index in [-0.39, 0.29) is 6.04 Å². The highest BCUT2D eigenvalue weighted by Gasteiger charge is 2.53. The highest BCUT2D eigenvalue weighted by molar-refractivity contribution is 5.83. The minimum Gasteiger partial charge on any atom is -0.497 e. The maximum atomic E-state index is 11.8. The second kappa shape index (κ2) is 8.10. The first-order chi connectivity index (χ1) is 15.1. The Hall–Kier alpha value is -2.69. The molecule has 0 aliphatic carbocycles. The predicted octanol–water partition coefficient (Wildman–Crippen LogP) is 4.89. The fraction of sp³-hybridized carbons (Fsp3) is 0.370. The van der Waals surface area contributed by atoms with Gasteiger partial charge in [0.05, 0.1) is 25.7 Å². The van der Waals surface area contributed by atoms with Gasteiger partial charge in [0.15, 0.2) is 0 Å². The quantitative estimate of drug-likeness (QED) is 0.460. The van der Waals surface area contributed by atoms with Crippen LogP contribution in [0.15, 0.2) is 73.4 Å². The summed E-state index contributed by atoms with van der Waals surface area (Å²) in [7, 11) is 1.68. The SMILES string of the molecule is C=C[C@H]1C[N@+]2(Cc3ccccc3)CC[C@@H]1C[C@H]2[C@H](O)c1ccnc2ccc(OC)cc12. The molecule has 0 unspecified atom stereocenters. The molecule has 2 bridgehead atoms. The van der Waals surface area contributed by atoms with Gasteiger partial charge in [-0.3, -0.25) is 4.98 Å². The molecule has 3 aliphatic rings. The van der Waals surface area contributed by atoms with E-state index in [4.69, 9.17) is 4.74 Å². The van der Waals surface area contributed by atoms with Crippen LogP contribution >= 0.6 is 0 Å². The normalized spacial score (nSPS) is 28.4. The number of methoxy groups -OCH3 is 1. The summed E-state index contributed by atoms with van der Waals surface area (Å²) in [4.78, 5) is 4.52. The number of fused-ring (bicyclic) bond motifs is 4. The largest absolute Gasteiger partial charge is 0.497 e. The number of pyridine rings is 1. The number of hydrogen-bond acceptors (Lipinski definition) is 3. The Labute approximate surface area is 184 Å². The Morgan fingerprint density at radius 1 is 1.23 bits per heavy atom. The van der Waals surface area contributed by atoms with Gasteiger partial charge in [-0.15, -0.1) is 6.58 Å². The highest BCUT2D eigenvalue weighted by atomic mass is 16.5. The molecule has 4 nitrogen and oxygen atoms in total. The van der Waals surface area contributed by atoms with Crippen molar-refractivity contribution in [1.29, 1.82) is 0 Å². The smallest absolute Gasteiger partial charge is 0.131 e.